The smallest absolute Gasteiger partial charge is 0.238 e. The van der Waals surface area contributed by atoms with Crippen LogP contribution in [0.15, 0.2) is 6.07 Å². The van der Waals surface area contributed by atoms with Crippen LogP contribution in [0, 0.1) is 23.7 Å². The van der Waals surface area contributed by atoms with Crippen molar-refractivity contribution in [3.8, 4) is 5.75 Å². The molecule has 4 atom stereocenters. The van der Waals surface area contributed by atoms with Crippen LogP contribution in [0.4, 0.5) is 5.69 Å². The Hall–Kier alpha value is -2.62. The third-order valence-electron chi connectivity index (χ3n) is 6.50. The van der Waals surface area contributed by atoms with Crippen molar-refractivity contribution in [2.24, 2.45) is 23.7 Å². The molecule has 0 saturated heterocycles. The molecular formula is C24H29ClN2O7. The lowest BCUT2D eigenvalue weighted by Crippen LogP contribution is -2.50. The van der Waals surface area contributed by atoms with Crippen LogP contribution in [0.25, 0.3) is 0 Å². The summed E-state index contributed by atoms with van der Waals surface area (Å²) in [6.45, 7) is 1.05. The Balaban J connectivity index is 2.00. The summed E-state index contributed by atoms with van der Waals surface area (Å²) in [5, 5.41) is 22.9. The van der Waals surface area contributed by atoms with Gasteiger partial charge in [0.25, 0.3) is 0 Å². The van der Waals surface area contributed by atoms with Gasteiger partial charge in [0.1, 0.15) is 11.5 Å². The number of carbonyl (C=O) groups is 5. The Kier molecular flexibility index (Phi) is 7.90. The van der Waals surface area contributed by atoms with Crippen molar-refractivity contribution in [1.29, 1.82) is 0 Å². The Morgan fingerprint density at radius 2 is 1.91 bits per heavy atom. The van der Waals surface area contributed by atoms with Crippen LogP contribution in [0.3, 0.4) is 0 Å². The number of amides is 1. The highest BCUT2D eigenvalue weighted by molar-refractivity contribution is 6.35. The van der Waals surface area contributed by atoms with E-state index in [1.165, 1.54) is 13.0 Å². The third-order valence-corrected chi connectivity index (χ3v) is 6.80. The van der Waals surface area contributed by atoms with Crippen LogP contribution in [0.1, 0.15) is 42.1 Å². The summed E-state index contributed by atoms with van der Waals surface area (Å²) >= 11 is 6.31. The Bertz CT molecular complexity index is 1050. The summed E-state index contributed by atoms with van der Waals surface area (Å²) in [7, 11) is 3.39. The number of hydrogen-bond donors (Lipinski definition) is 3. The highest BCUT2D eigenvalue weighted by atomic mass is 35.5. The number of benzene rings is 1. The van der Waals surface area contributed by atoms with Gasteiger partial charge in [-0.3, -0.25) is 24.0 Å². The number of rotatable bonds is 8. The van der Waals surface area contributed by atoms with E-state index >= 15 is 0 Å². The fraction of sp³-hybridized carbons (Fsp3) is 0.542. The first-order chi connectivity index (χ1) is 16.0. The minimum Gasteiger partial charge on any atom is -0.505 e. The van der Waals surface area contributed by atoms with Gasteiger partial charge in [0.15, 0.2) is 23.1 Å². The van der Waals surface area contributed by atoms with E-state index in [0.717, 1.165) is 0 Å². The van der Waals surface area contributed by atoms with Crippen molar-refractivity contribution in [3.05, 3.63) is 22.2 Å². The quantitative estimate of drug-likeness (QED) is 0.367. The number of aliphatic hydroxyl groups excluding tert-OH is 1. The zero-order valence-electron chi connectivity index (χ0n) is 19.4. The van der Waals surface area contributed by atoms with Crippen molar-refractivity contribution in [2.45, 2.75) is 32.6 Å². The summed E-state index contributed by atoms with van der Waals surface area (Å²) in [4.78, 5) is 65.0. The summed E-state index contributed by atoms with van der Waals surface area (Å²) in [5.41, 5.74) is 0.269. The molecular weight excluding hydrogens is 464 g/mol. The molecule has 3 rings (SSSR count). The number of halogens is 1. The first kappa shape index (κ1) is 26.0. The molecule has 9 nitrogen and oxygen atoms in total. The van der Waals surface area contributed by atoms with Gasteiger partial charge in [-0.15, -0.1) is 0 Å². The molecule has 0 aromatic heterocycles. The second kappa shape index (κ2) is 10.3. The van der Waals surface area contributed by atoms with Crippen LogP contribution in [-0.2, 0) is 25.6 Å². The molecule has 1 aromatic rings. The minimum atomic E-state index is -1.16. The molecule has 1 amide bonds. The van der Waals surface area contributed by atoms with Crippen LogP contribution < -0.4 is 5.32 Å². The molecule has 10 heteroatoms. The molecule has 0 spiro atoms. The van der Waals surface area contributed by atoms with Gasteiger partial charge in [0.2, 0.25) is 5.91 Å². The second-order valence-corrected chi connectivity index (χ2v) is 9.85. The average Bonchev–Trinajstić information content (AvgIpc) is 2.69. The van der Waals surface area contributed by atoms with Crippen LogP contribution in [-0.4, -0.2) is 71.4 Å². The highest BCUT2D eigenvalue weighted by Gasteiger charge is 2.52. The topological polar surface area (TPSA) is 141 Å². The molecule has 0 radical (unpaired) electrons. The Morgan fingerprint density at radius 3 is 2.50 bits per heavy atom. The number of anilines is 1. The van der Waals surface area contributed by atoms with E-state index in [2.05, 4.69) is 5.32 Å². The van der Waals surface area contributed by atoms with Crippen molar-refractivity contribution in [2.75, 3.05) is 32.6 Å². The molecule has 3 N–H and O–H groups in total. The Morgan fingerprint density at radius 1 is 1.24 bits per heavy atom. The minimum absolute atomic E-state index is 0.0240. The molecule has 1 fully saturated rings. The monoisotopic (exact) mass is 492 g/mol. The number of nitrogens with zero attached hydrogens (tertiary/aromatic N) is 1. The van der Waals surface area contributed by atoms with E-state index in [4.69, 9.17) is 11.6 Å². The number of nitrogens with one attached hydrogen (secondary N) is 1. The van der Waals surface area contributed by atoms with E-state index in [1.54, 1.807) is 19.0 Å². The van der Waals surface area contributed by atoms with Gasteiger partial charge < -0.3 is 20.4 Å². The molecule has 34 heavy (non-hydrogen) atoms. The van der Waals surface area contributed by atoms with Gasteiger partial charge in [0.05, 0.1) is 35.4 Å². The zero-order valence-corrected chi connectivity index (χ0v) is 20.1. The molecule has 0 aliphatic heterocycles. The van der Waals surface area contributed by atoms with Gasteiger partial charge in [-0.2, -0.15) is 0 Å². The van der Waals surface area contributed by atoms with E-state index in [0.29, 0.717) is 12.0 Å². The number of Topliss-reactive ketones (excluding diaryl/α,β-unsaturated/α-hetero) is 4. The largest absolute Gasteiger partial charge is 0.505 e. The van der Waals surface area contributed by atoms with Gasteiger partial charge in [-0.25, -0.2) is 0 Å². The molecule has 0 bridgehead atoms. The maximum atomic E-state index is 13.5. The predicted octanol–water partition coefficient (Wildman–Crippen LogP) is 1.65. The lowest BCUT2D eigenvalue weighted by Gasteiger charge is -2.42. The number of likely N-dealkylation sites (N-methyl/N-ethyl adjacent to an activating group) is 1. The van der Waals surface area contributed by atoms with Gasteiger partial charge >= 0.3 is 0 Å². The maximum absolute atomic E-state index is 13.5. The van der Waals surface area contributed by atoms with Crippen molar-refractivity contribution >= 4 is 46.3 Å². The first-order valence-corrected chi connectivity index (χ1v) is 11.5. The SMILES string of the molecule is CC(=O)CC(=O)C1C(=O)C2C(=O)c3c(cc(Cl)c(NC(=O)CN(C)C)c3O)CC2CC1CCO. The van der Waals surface area contributed by atoms with Crippen LogP contribution >= 0.6 is 11.6 Å². The van der Waals surface area contributed by atoms with Gasteiger partial charge in [0, 0.05) is 6.61 Å². The average molecular weight is 493 g/mol. The number of hydrogen-bond acceptors (Lipinski definition) is 8. The van der Waals surface area contributed by atoms with Crippen LogP contribution in [0.5, 0.6) is 5.75 Å². The van der Waals surface area contributed by atoms with Crippen molar-refractivity contribution in [1.82, 2.24) is 4.90 Å². The number of carbonyl (C=O) groups excluding carboxylic acids is 5. The summed E-state index contributed by atoms with van der Waals surface area (Å²) in [5.74, 6) is -6.30. The normalized spacial score (nSPS) is 23.9. The van der Waals surface area contributed by atoms with Gasteiger partial charge in [-0.1, -0.05) is 11.6 Å². The van der Waals surface area contributed by atoms with E-state index < -0.39 is 59.1 Å². The number of fused-ring (bicyclic) bond motifs is 2. The highest BCUT2D eigenvalue weighted by Crippen LogP contribution is 2.48. The standard InChI is InChI=1S/C24H29ClN2O7/c1-11(29)6-16(30)18-12(4-5-28)7-13-8-14-9-15(25)21(26-17(31)10-27(2)3)24(34)20(14)23(33)19(13)22(18)32/h9,12-13,18-19,28,34H,4-8,10H2,1-3H3,(H,26,31). The molecule has 4 unspecified atom stereocenters. The number of aromatic hydroxyl groups is 1. The maximum Gasteiger partial charge on any atom is 0.238 e. The fourth-order valence-electron chi connectivity index (χ4n) is 5.24. The van der Waals surface area contributed by atoms with E-state index in [-0.39, 0.29) is 48.0 Å². The third kappa shape index (κ3) is 5.06. The molecule has 184 valence electrons. The zero-order chi connectivity index (χ0) is 25.3. The number of ketones is 4. The summed E-state index contributed by atoms with van der Waals surface area (Å²) in [6, 6.07) is 1.51. The number of phenolic OH excluding ortho intramolecular Hbond substituents is 1. The molecule has 1 saturated carbocycles. The number of aliphatic hydroxyl groups is 1. The second-order valence-electron chi connectivity index (χ2n) is 9.44. The van der Waals surface area contributed by atoms with E-state index in [9.17, 15) is 34.2 Å². The van der Waals surface area contributed by atoms with Crippen molar-refractivity contribution in [3.63, 3.8) is 0 Å². The molecule has 0 heterocycles. The summed E-state index contributed by atoms with van der Waals surface area (Å²) < 4.78 is 0. The number of phenols is 1. The fourth-order valence-corrected chi connectivity index (χ4v) is 5.51. The van der Waals surface area contributed by atoms with E-state index in [1.807, 2.05) is 0 Å². The molecule has 1 aromatic carbocycles. The summed E-state index contributed by atoms with van der Waals surface area (Å²) in [6.07, 6.45) is 0.402. The predicted molar refractivity (Wildman–Crippen MR) is 124 cm³/mol. The van der Waals surface area contributed by atoms with Gasteiger partial charge in [-0.05, 0) is 63.7 Å². The van der Waals surface area contributed by atoms with Crippen molar-refractivity contribution < 1.29 is 34.2 Å². The molecule has 2 aliphatic rings. The lowest BCUT2D eigenvalue weighted by atomic mass is 9.59. The molecule has 2 aliphatic carbocycles. The lowest BCUT2D eigenvalue weighted by molar-refractivity contribution is -0.142. The first-order valence-electron chi connectivity index (χ1n) is 11.2. The van der Waals surface area contributed by atoms with Crippen LogP contribution in [0.2, 0.25) is 5.02 Å². The Labute approximate surface area is 202 Å².